The number of hydrogen-bond donors (Lipinski definition) is 2. The van der Waals surface area contributed by atoms with Crippen LogP contribution in [0.4, 0.5) is 5.69 Å². The van der Waals surface area contributed by atoms with E-state index < -0.39 is 38.3 Å². The number of carbonyl (C=O) groups is 2. The van der Waals surface area contributed by atoms with Crippen molar-refractivity contribution in [1.29, 1.82) is 0 Å². The van der Waals surface area contributed by atoms with Gasteiger partial charge >= 0.3 is 11.9 Å². The number of rotatable bonds is 5. The minimum Gasteiger partial charge on any atom is -0.455 e. The second-order valence-electron chi connectivity index (χ2n) is 6.69. The number of hydrogen-bond acceptors (Lipinski definition) is 8. The van der Waals surface area contributed by atoms with Gasteiger partial charge in [0.05, 0.1) is 10.7 Å². The average Bonchev–Trinajstić information content (AvgIpc) is 2.62. The number of esters is 2. The highest BCUT2D eigenvalue weighted by Crippen LogP contribution is 2.37. The van der Waals surface area contributed by atoms with Gasteiger partial charge in [0.25, 0.3) is 15.9 Å². The predicted molar refractivity (Wildman–Crippen MR) is 111 cm³/mol. The summed E-state index contributed by atoms with van der Waals surface area (Å²) in [5.41, 5.74) is -0.364. The first kappa shape index (κ1) is 22.9. The molecule has 2 aromatic carbocycles. The normalized spacial score (nSPS) is 15.7. The molecule has 0 bridgehead atoms. The Kier molecular flexibility index (Phi) is 6.19. The maximum atomic E-state index is 12.1. The van der Waals surface area contributed by atoms with E-state index in [1.807, 2.05) is 0 Å². The van der Waals surface area contributed by atoms with Crippen molar-refractivity contribution in [2.24, 2.45) is 0 Å². The van der Waals surface area contributed by atoms with E-state index in [2.05, 4.69) is 5.32 Å². The van der Waals surface area contributed by atoms with Crippen LogP contribution in [0.2, 0.25) is 10.0 Å². The molecular formula is C19H15Cl2NO8S. The summed E-state index contributed by atoms with van der Waals surface area (Å²) < 4.78 is 48.3. The van der Waals surface area contributed by atoms with Crippen LogP contribution in [0.3, 0.4) is 0 Å². The molecule has 1 heterocycles. The number of cyclic esters (lactones) is 2. The Balaban J connectivity index is 2.00. The molecule has 1 fully saturated rings. The van der Waals surface area contributed by atoms with Gasteiger partial charge in [-0.3, -0.25) is 4.55 Å². The number of anilines is 1. The SMILES string of the molecule is CC1(C)OC(=O)C(=CNc2cc(Cl)c(S(=O)(=O)O)cc2Oc2ccc(Cl)cc2)C(=O)O1. The van der Waals surface area contributed by atoms with E-state index >= 15 is 0 Å². The molecule has 164 valence electrons. The molecule has 12 heteroatoms. The fourth-order valence-corrected chi connectivity index (χ4v) is 3.63. The lowest BCUT2D eigenvalue weighted by Crippen LogP contribution is -2.42. The van der Waals surface area contributed by atoms with Crippen molar-refractivity contribution in [2.75, 3.05) is 5.32 Å². The third kappa shape index (κ3) is 5.47. The van der Waals surface area contributed by atoms with Crippen LogP contribution in [0.5, 0.6) is 11.5 Å². The molecule has 0 spiro atoms. The summed E-state index contributed by atoms with van der Waals surface area (Å²) in [5, 5.41) is 2.76. The zero-order valence-electron chi connectivity index (χ0n) is 16.0. The zero-order chi connectivity index (χ0) is 23.0. The van der Waals surface area contributed by atoms with Crippen LogP contribution >= 0.6 is 23.2 Å². The Morgan fingerprint density at radius 3 is 2.19 bits per heavy atom. The average molecular weight is 488 g/mol. The molecule has 0 aromatic heterocycles. The minimum atomic E-state index is -4.66. The molecule has 3 rings (SSSR count). The van der Waals surface area contributed by atoms with Gasteiger partial charge < -0.3 is 19.5 Å². The Bertz CT molecular complexity index is 1170. The summed E-state index contributed by atoms with van der Waals surface area (Å²) in [4.78, 5) is 23.6. The van der Waals surface area contributed by atoms with Crippen molar-refractivity contribution in [1.82, 2.24) is 0 Å². The molecule has 1 saturated heterocycles. The molecule has 0 radical (unpaired) electrons. The minimum absolute atomic E-state index is 0.0743. The third-order valence-corrected chi connectivity index (χ3v) is 5.41. The Morgan fingerprint density at radius 2 is 1.65 bits per heavy atom. The molecule has 2 aromatic rings. The standard InChI is InChI=1S/C19H15Cl2NO8S/c1-19(2)29-17(23)12(18(24)30-19)9-22-14-7-13(21)16(31(25,26)27)8-15(14)28-11-5-3-10(20)4-6-11/h3-9,22H,1-2H3,(H,25,26,27). The largest absolute Gasteiger partial charge is 0.455 e. The first-order chi connectivity index (χ1) is 14.4. The maximum absolute atomic E-state index is 12.1. The van der Waals surface area contributed by atoms with Gasteiger partial charge in [-0.05, 0) is 30.3 Å². The topological polar surface area (TPSA) is 128 Å². The Hall–Kier alpha value is -2.79. The zero-order valence-corrected chi connectivity index (χ0v) is 18.3. The lowest BCUT2D eigenvalue weighted by atomic mass is 10.2. The van der Waals surface area contributed by atoms with Gasteiger partial charge in [-0.1, -0.05) is 23.2 Å². The van der Waals surface area contributed by atoms with E-state index in [4.69, 9.17) is 37.4 Å². The Labute approximate surface area is 187 Å². The van der Waals surface area contributed by atoms with Gasteiger partial charge in [-0.25, -0.2) is 9.59 Å². The van der Waals surface area contributed by atoms with Crippen LogP contribution in [-0.2, 0) is 29.2 Å². The maximum Gasteiger partial charge on any atom is 0.350 e. The van der Waals surface area contributed by atoms with Crippen LogP contribution in [0.1, 0.15) is 13.8 Å². The monoisotopic (exact) mass is 487 g/mol. The van der Waals surface area contributed by atoms with E-state index in [-0.39, 0.29) is 22.2 Å². The quantitative estimate of drug-likeness (QED) is 0.276. The summed E-state index contributed by atoms with van der Waals surface area (Å²) in [6.45, 7) is 2.80. The first-order valence-electron chi connectivity index (χ1n) is 8.53. The molecule has 1 aliphatic heterocycles. The van der Waals surface area contributed by atoms with E-state index in [1.54, 1.807) is 12.1 Å². The highest BCUT2D eigenvalue weighted by atomic mass is 35.5. The molecule has 9 nitrogen and oxygen atoms in total. The van der Waals surface area contributed by atoms with Gasteiger partial charge in [0.15, 0.2) is 11.3 Å². The lowest BCUT2D eigenvalue weighted by Gasteiger charge is -2.29. The molecule has 0 atom stereocenters. The van der Waals surface area contributed by atoms with Crippen molar-refractivity contribution in [2.45, 2.75) is 24.5 Å². The van der Waals surface area contributed by atoms with E-state index in [1.165, 1.54) is 26.0 Å². The lowest BCUT2D eigenvalue weighted by molar-refractivity contribution is -0.222. The summed E-state index contributed by atoms with van der Waals surface area (Å²) in [6, 6.07) is 8.24. The van der Waals surface area contributed by atoms with Gasteiger partial charge in [0.1, 0.15) is 10.6 Å². The molecule has 0 unspecified atom stereocenters. The van der Waals surface area contributed by atoms with Crippen LogP contribution < -0.4 is 10.1 Å². The number of benzene rings is 2. The van der Waals surface area contributed by atoms with Crippen LogP contribution in [0.25, 0.3) is 0 Å². The first-order valence-corrected chi connectivity index (χ1v) is 10.7. The van der Waals surface area contributed by atoms with Crippen molar-refractivity contribution in [3.63, 3.8) is 0 Å². The number of carbonyl (C=O) groups excluding carboxylic acids is 2. The van der Waals surface area contributed by atoms with Gasteiger partial charge in [0, 0.05) is 31.1 Å². The van der Waals surface area contributed by atoms with Gasteiger partial charge in [0.2, 0.25) is 0 Å². The summed E-state index contributed by atoms with van der Waals surface area (Å²) in [7, 11) is -4.66. The molecule has 0 amide bonds. The summed E-state index contributed by atoms with van der Waals surface area (Å²) >= 11 is 11.8. The smallest absolute Gasteiger partial charge is 0.350 e. The molecule has 0 aliphatic carbocycles. The molecule has 0 saturated carbocycles. The van der Waals surface area contributed by atoms with Crippen molar-refractivity contribution in [3.05, 3.63) is 58.2 Å². The molecule has 2 N–H and O–H groups in total. The van der Waals surface area contributed by atoms with Crippen LogP contribution in [0, 0.1) is 0 Å². The van der Waals surface area contributed by atoms with E-state index in [0.717, 1.165) is 18.3 Å². The number of halogens is 2. The van der Waals surface area contributed by atoms with Gasteiger partial charge in [-0.15, -0.1) is 0 Å². The van der Waals surface area contributed by atoms with Crippen LogP contribution in [0.15, 0.2) is 53.1 Å². The highest BCUT2D eigenvalue weighted by molar-refractivity contribution is 7.86. The third-order valence-electron chi connectivity index (χ3n) is 3.84. The van der Waals surface area contributed by atoms with E-state index in [0.29, 0.717) is 5.02 Å². The molecule has 1 aliphatic rings. The number of nitrogens with one attached hydrogen (secondary N) is 1. The van der Waals surface area contributed by atoms with Gasteiger partial charge in [-0.2, -0.15) is 8.42 Å². The second kappa shape index (κ2) is 8.39. The van der Waals surface area contributed by atoms with Crippen molar-refractivity contribution < 1.29 is 36.8 Å². The number of ether oxygens (including phenoxy) is 3. The summed E-state index contributed by atoms with van der Waals surface area (Å²) in [5.74, 6) is -3.06. The van der Waals surface area contributed by atoms with Crippen molar-refractivity contribution >= 4 is 50.9 Å². The highest BCUT2D eigenvalue weighted by Gasteiger charge is 2.39. The van der Waals surface area contributed by atoms with Crippen LogP contribution in [-0.4, -0.2) is 30.7 Å². The molecule has 31 heavy (non-hydrogen) atoms. The van der Waals surface area contributed by atoms with Crippen molar-refractivity contribution in [3.8, 4) is 11.5 Å². The Morgan fingerprint density at radius 1 is 1.06 bits per heavy atom. The predicted octanol–water partition coefficient (Wildman–Crippen LogP) is 4.16. The fourth-order valence-electron chi connectivity index (χ4n) is 2.49. The summed E-state index contributed by atoms with van der Waals surface area (Å²) in [6.07, 6.45) is 1.01. The fraction of sp³-hybridized carbons (Fsp3) is 0.158. The second-order valence-corrected chi connectivity index (χ2v) is 8.92. The van der Waals surface area contributed by atoms with E-state index in [9.17, 15) is 22.6 Å². The molecular weight excluding hydrogens is 473 g/mol.